The number of aromatic amines is 1. The van der Waals surface area contributed by atoms with Crippen molar-refractivity contribution >= 4 is 5.96 Å². The fraction of sp³-hybridized carbons (Fsp3) is 0.273. The molecule has 0 spiro atoms. The van der Waals surface area contributed by atoms with E-state index in [1.165, 1.54) is 5.56 Å². The van der Waals surface area contributed by atoms with Gasteiger partial charge < -0.3 is 19.9 Å². The zero-order valence-corrected chi connectivity index (χ0v) is 16.6. The van der Waals surface area contributed by atoms with Gasteiger partial charge in [-0.3, -0.25) is 4.99 Å². The standard InChI is InChI=1S/C22H27N5O/c1-23-22(24-14-13-18-11-7-8-12-20(18)28-3)27(2)16-21-25-15-19(26-21)17-9-5-4-6-10-17/h4-12,15H,13-14,16H2,1-3H3,(H,23,24)(H,25,26). The number of para-hydroxylation sites is 1. The monoisotopic (exact) mass is 377 g/mol. The second-order valence-electron chi connectivity index (χ2n) is 6.50. The van der Waals surface area contributed by atoms with Gasteiger partial charge in [0.1, 0.15) is 11.6 Å². The smallest absolute Gasteiger partial charge is 0.193 e. The lowest BCUT2D eigenvalue weighted by atomic mass is 10.1. The number of hydrogen-bond acceptors (Lipinski definition) is 3. The number of hydrogen-bond donors (Lipinski definition) is 2. The third-order valence-corrected chi connectivity index (χ3v) is 4.54. The highest BCUT2D eigenvalue weighted by atomic mass is 16.5. The van der Waals surface area contributed by atoms with E-state index in [-0.39, 0.29) is 0 Å². The molecule has 6 nitrogen and oxygen atoms in total. The number of nitrogens with zero attached hydrogens (tertiary/aromatic N) is 3. The number of methoxy groups -OCH3 is 1. The first-order chi connectivity index (χ1) is 13.7. The average Bonchev–Trinajstić information content (AvgIpc) is 3.20. The molecule has 6 heteroatoms. The Bertz CT molecular complexity index is 904. The first-order valence-corrected chi connectivity index (χ1v) is 9.34. The van der Waals surface area contributed by atoms with Crippen LogP contribution in [0.2, 0.25) is 0 Å². The highest BCUT2D eigenvalue weighted by Crippen LogP contribution is 2.18. The van der Waals surface area contributed by atoms with Crippen LogP contribution in [0.1, 0.15) is 11.4 Å². The molecule has 2 N–H and O–H groups in total. The lowest BCUT2D eigenvalue weighted by Crippen LogP contribution is -2.39. The zero-order chi connectivity index (χ0) is 19.8. The third-order valence-electron chi connectivity index (χ3n) is 4.54. The van der Waals surface area contributed by atoms with Crippen LogP contribution in [-0.2, 0) is 13.0 Å². The fourth-order valence-electron chi connectivity index (χ4n) is 3.11. The van der Waals surface area contributed by atoms with E-state index in [1.54, 1.807) is 14.2 Å². The first kappa shape index (κ1) is 19.5. The molecule has 3 rings (SSSR count). The molecule has 0 saturated heterocycles. The number of imidazole rings is 1. The predicted octanol–water partition coefficient (Wildman–Crippen LogP) is 3.34. The Balaban J connectivity index is 1.55. The van der Waals surface area contributed by atoms with Crippen LogP contribution in [0.4, 0.5) is 0 Å². The number of ether oxygens (including phenoxy) is 1. The summed E-state index contributed by atoms with van der Waals surface area (Å²) in [4.78, 5) is 14.3. The van der Waals surface area contributed by atoms with Gasteiger partial charge in [-0.15, -0.1) is 0 Å². The van der Waals surface area contributed by atoms with Gasteiger partial charge in [0.2, 0.25) is 0 Å². The van der Waals surface area contributed by atoms with Crippen LogP contribution in [-0.4, -0.2) is 48.6 Å². The minimum Gasteiger partial charge on any atom is -0.496 e. The molecule has 0 radical (unpaired) electrons. The zero-order valence-electron chi connectivity index (χ0n) is 16.6. The number of aliphatic imine (C=N–C) groups is 1. The summed E-state index contributed by atoms with van der Waals surface area (Å²) < 4.78 is 5.41. The van der Waals surface area contributed by atoms with Crippen molar-refractivity contribution in [3.63, 3.8) is 0 Å². The second-order valence-corrected chi connectivity index (χ2v) is 6.50. The largest absolute Gasteiger partial charge is 0.496 e. The van der Waals surface area contributed by atoms with E-state index in [1.807, 2.05) is 49.6 Å². The van der Waals surface area contributed by atoms with Crippen molar-refractivity contribution in [1.29, 1.82) is 0 Å². The van der Waals surface area contributed by atoms with Crippen LogP contribution >= 0.6 is 0 Å². The molecule has 0 saturated carbocycles. The Morgan fingerprint density at radius 2 is 1.89 bits per heavy atom. The molecule has 1 aromatic heterocycles. The molecule has 0 aliphatic heterocycles. The van der Waals surface area contributed by atoms with E-state index in [2.05, 4.69) is 43.4 Å². The third kappa shape index (κ3) is 4.91. The number of H-pyrrole nitrogens is 1. The Hall–Kier alpha value is -3.28. The van der Waals surface area contributed by atoms with Crippen molar-refractivity contribution in [1.82, 2.24) is 20.2 Å². The van der Waals surface area contributed by atoms with E-state index in [9.17, 15) is 0 Å². The highest BCUT2D eigenvalue weighted by Gasteiger charge is 2.10. The van der Waals surface area contributed by atoms with Gasteiger partial charge in [-0.2, -0.15) is 0 Å². The van der Waals surface area contributed by atoms with Crippen molar-refractivity contribution in [2.75, 3.05) is 27.7 Å². The van der Waals surface area contributed by atoms with Crippen LogP contribution < -0.4 is 10.1 Å². The van der Waals surface area contributed by atoms with Crippen LogP contribution in [0.15, 0.2) is 65.8 Å². The molecule has 0 fully saturated rings. The van der Waals surface area contributed by atoms with Gasteiger partial charge in [-0.1, -0.05) is 48.5 Å². The highest BCUT2D eigenvalue weighted by molar-refractivity contribution is 5.79. The maximum Gasteiger partial charge on any atom is 0.193 e. The summed E-state index contributed by atoms with van der Waals surface area (Å²) in [5.74, 6) is 2.64. The SMILES string of the molecule is CN=C(NCCc1ccccc1OC)N(C)Cc1ncc(-c2ccccc2)[nH]1. The molecule has 0 amide bonds. The number of benzene rings is 2. The summed E-state index contributed by atoms with van der Waals surface area (Å²) in [6.07, 6.45) is 2.73. The van der Waals surface area contributed by atoms with Crippen molar-refractivity contribution < 1.29 is 4.74 Å². The minimum atomic E-state index is 0.640. The number of guanidine groups is 1. The Morgan fingerprint density at radius 1 is 1.14 bits per heavy atom. The second kappa shape index (κ2) is 9.60. The van der Waals surface area contributed by atoms with Gasteiger partial charge in [-0.25, -0.2) is 4.98 Å². The Morgan fingerprint density at radius 3 is 2.64 bits per heavy atom. The summed E-state index contributed by atoms with van der Waals surface area (Å²) in [5, 5.41) is 3.41. The summed E-state index contributed by atoms with van der Waals surface area (Å²) in [6, 6.07) is 18.3. The van der Waals surface area contributed by atoms with Crippen molar-refractivity contribution in [3.8, 4) is 17.0 Å². The molecular formula is C22H27N5O. The Labute approximate surface area is 166 Å². The molecule has 0 atom stereocenters. The number of nitrogens with one attached hydrogen (secondary N) is 2. The Kier molecular flexibility index (Phi) is 6.68. The molecule has 2 aromatic carbocycles. The molecule has 0 aliphatic carbocycles. The summed E-state index contributed by atoms with van der Waals surface area (Å²) in [6.45, 7) is 1.41. The van der Waals surface area contributed by atoms with Crippen molar-refractivity contribution in [3.05, 3.63) is 72.2 Å². The summed E-state index contributed by atoms with van der Waals surface area (Å²) in [7, 11) is 5.49. The van der Waals surface area contributed by atoms with Gasteiger partial charge in [0, 0.05) is 20.6 Å². The van der Waals surface area contributed by atoms with Gasteiger partial charge in [0.05, 0.1) is 25.5 Å². The van der Waals surface area contributed by atoms with Gasteiger partial charge in [-0.05, 0) is 23.6 Å². The van der Waals surface area contributed by atoms with Crippen molar-refractivity contribution in [2.45, 2.75) is 13.0 Å². The van der Waals surface area contributed by atoms with Gasteiger partial charge in [0.25, 0.3) is 0 Å². The lowest BCUT2D eigenvalue weighted by Gasteiger charge is -2.21. The van der Waals surface area contributed by atoms with E-state index in [4.69, 9.17) is 4.74 Å². The van der Waals surface area contributed by atoms with E-state index < -0.39 is 0 Å². The van der Waals surface area contributed by atoms with Crippen LogP contribution in [0, 0.1) is 0 Å². The predicted molar refractivity (Wildman–Crippen MR) is 114 cm³/mol. The van der Waals surface area contributed by atoms with Crippen LogP contribution in [0.3, 0.4) is 0 Å². The van der Waals surface area contributed by atoms with E-state index in [0.29, 0.717) is 6.54 Å². The number of aromatic nitrogens is 2. The van der Waals surface area contributed by atoms with Crippen molar-refractivity contribution in [2.24, 2.45) is 4.99 Å². The van der Waals surface area contributed by atoms with Gasteiger partial charge in [0.15, 0.2) is 5.96 Å². The normalized spacial score (nSPS) is 11.3. The molecule has 146 valence electrons. The quantitative estimate of drug-likeness (QED) is 0.490. The summed E-state index contributed by atoms with van der Waals surface area (Å²) >= 11 is 0. The fourth-order valence-corrected chi connectivity index (χ4v) is 3.11. The first-order valence-electron chi connectivity index (χ1n) is 9.34. The summed E-state index contributed by atoms with van der Waals surface area (Å²) in [5.41, 5.74) is 3.32. The van der Waals surface area contributed by atoms with E-state index >= 15 is 0 Å². The molecular weight excluding hydrogens is 350 g/mol. The van der Waals surface area contributed by atoms with Gasteiger partial charge >= 0.3 is 0 Å². The number of rotatable bonds is 7. The van der Waals surface area contributed by atoms with Crippen LogP contribution in [0.25, 0.3) is 11.3 Å². The minimum absolute atomic E-state index is 0.640. The molecule has 3 aromatic rings. The average molecular weight is 377 g/mol. The molecule has 0 unspecified atom stereocenters. The molecule has 0 bridgehead atoms. The lowest BCUT2D eigenvalue weighted by molar-refractivity contribution is 0.409. The van der Waals surface area contributed by atoms with Crippen LogP contribution in [0.5, 0.6) is 5.75 Å². The maximum absolute atomic E-state index is 5.41. The van der Waals surface area contributed by atoms with E-state index in [0.717, 1.165) is 41.8 Å². The molecule has 28 heavy (non-hydrogen) atoms. The molecule has 0 aliphatic rings. The molecule has 1 heterocycles. The topological polar surface area (TPSA) is 65.5 Å². The maximum atomic E-state index is 5.41.